The Bertz CT molecular complexity index is 672. The van der Waals surface area contributed by atoms with Gasteiger partial charge in [0.05, 0.1) is 6.10 Å². The van der Waals surface area contributed by atoms with Gasteiger partial charge < -0.3 is 19.7 Å². The summed E-state index contributed by atoms with van der Waals surface area (Å²) in [5.74, 6) is -4.12. The van der Waals surface area contributed by atoms with Crippen LogP contribution in [0.1, 0.15) is 34.1 Å². The monoisotopic (exact) mass is 396 g/mol. The van der Waals surface area contributed by atoms with Crippen molar-refractivity contribution in [2.45, 2.75) is 40.2 Å². The Hall–Kier alpha value is -3.00. The van der Waals surface area contributed by atoms with Crippen LogP contribution in [-0.4, -0.2) is 46.8 Å². The van der Waals surface area contributed by atoms with Gasteiger partial charge in [0.15, 0.2) is 0 Å². The summed E-state index contributed by atoms with van der Waals surface area (Å²) in [5, 5.41) is 17.9. The van der Waals surface area contributed by atoms with Gasteiger partial charge in [0.2, 0.25) is 0 Å². The summed E-state index contributed by atoms with van der Waals surface area (Å²) in [4.78, 5) is 43.9. The van der Waals surface area contributed by atoms with Crippen molar-refractivity contribution >= 4 is 23.9 Å². The second kappa shape index (κ2) is 13.2. The van der Waals surface area contributed by atoms with E-state index < -0.39 is 35.9 Å². The van der Waals surface area contributed by atoms with Crippen molar-refractivity contribution in [1.29, 1.82) is 0 Å². The number of aliphatic carboxylic acids is 1. The van der Waals surface area contributed by atoms with E-state index in [1.807, 2.05) is 0 Å². The van der Waals surface area contributed by atoms with Crippen LogP contribution in [0.15, 0.2) is 48.6 Å². The summed E-state index contributed by atoms with van der Waals surface area (Å²) in [7, 11) is 0. The molecule has 0 saturated carbocycles. The van der Waals surface area contributed by atoms with Gasteiger partial charge in [-0.1, -0.05) is 40.2 Å². The first-order valence-corrected chi connectivity index (χ1v) is 8.28. The molecule has 0 spiro atoms. The Labute approximate surface area is 164 Å². The van der Waals surface area contributed by atoms with Crippen LogP contribution in [0.2, 0.25) is 0 Å². The minimum atomic E-state index is -1.16. The van der Waals surface area contributed by atoms with Crippen molar-refractivity contribution in [2.24, 2.45) is 5.92 Å². The molecule has 0 aliphatic carbocycles. The van der Waals surface area contributed by atoms with Crippen molar-refractivity contribution in [3.8, 4) is 0 Å². The lowest BCUT2D eigenvalue weighted by molar-refractivity contribution is -0.154. The molecule has 0 aliphatic heterocycles. The Morgan fingerprint density at radius 2 is 1.39 bits per heavy atom. The van der Waals surface area contributed by atoms with Crippen molar-refractivity contribution < 1.29 is 38.9 Å². The summed E-state index contributed by atoms with van der Waals surface area (Å²) in [6, 6.07) is 0. The highest BCUT2D eigenvalue weighted by atomic mass is 16.6. The van der Waals surface area contributed by atoms with Gasteiger partial charge >= 0.3 is 23.9 Å². The number of carbonyl (C=O) groups excluding carboxylic acids is 3. The predicted molar refractivity (Wildman–Crippen MR) is 103 cm³/mol. The van der Waals surface area contributed by atoms with Gasteiger partial charge in [0.1, 0.15) is 6.61 Å². The fourth-order valence-electron chi connectivity index (χ4n) is 1.23. The lowest BCUT2D eigenvalue weighted by Gasteiger charge is -2.19. The van der Waals surface area contributed by atoms with Gasteiger partial charge in [-0.15, -0.1) is 0 Å². The maximum Gasteiger partial charge on any atom is 0.341 e. The molecule has 0 radical (unpaired) electrons. The fraction of sp³-hybridized carbons (Fsp3) is 0.400. The molecular formula is C20H28O8. The molecule has 28 heavy (non-hydrogen) atoms. The number of carboxylic acid groups (broad SMARTS) is 1. The third-order valence-corrected chi connectivity index (χ3v) is 3.39. The van der Waals surface area contributed by atoms with Gasteiger partial charge in [-0.2, -0.15) is 0 Å². The number of aliphatic hydroxyl groups is 1. The minimum Gasteiger partial charge on any atom is -0.478 e. The molecule has 0 heterocycles. The largest absolute Gasteiger partial charge is 0.478 e. The Morgan fingerprint density at radius 3 is 1.71 bits per heavy atom. The zero-order valence-electron chi connectivity index (χ0n) is 16.7. The zero-order chi connectivity index (χ0) is 22.6. The zero-order valence-corrected chi connectivity index (χ0v) is 16.7. The summed E-state index contributed by atoms with van der Waals surface area (Å²) >= 11 is 0. The van der Waals surface area contributed by atoms with Gasteiger partial charge in [0, 0.05) is 28.2 Å². The first kappa shape index (κ1) is 27.2. The topological polar surface area (TPSA) is 127 Å². The lowest BCUT2D eigenvalue weighted by atomic mass is 9.97. The molecule has 0 rings (SSSR count). The standard InChI is InChI=1S/C15H20O6.C5H8O2/c1-8(2)13(17)20-7-12(16)10(5)11(6)15(19)21-14(18)9(3)4;1-3-4(2)5(6)7/h10,12,16H,1,3,6-7H2,2,4-5H3;2-3H2,1H3,(H,6,7). The molecule has 0 saturated heterocycles. The van der Waals surface area contributed by atoms with Crippen LogP contribution >= 0.6 is 0 Å². The number of carbonyl (C=O) groups is 4. The summed E-state index contributed by atoms with van der Waals surface area (Å²) in [6.45, 7) is 19.3. The number of rotatable bonds is 9. The maximum atomic E-state index is 11.6. The molecule has 0 aromatic carbocycles. The smallest absolute Gasteiger partial charge is 0.341 e. The highest BCUT2D eigenvalue weighted by molar-refractivity contribution is 6.01. The molecule has 0 amide bonds. The van der Waals surface area contributed by atoms with Crippen LogP contribution in [0, 0.1) is 5.92 Å². The maximum absolute atomic E-state index is 11.6. The van der Waals surface area contributed by atoms with Crippen LogP contribution in [0.4, 0.5) is 0 Å². The quantitative estimate of drug-likeness (QED) is 0.345. The average molecular weight is 396 g/mol. The van der Waals surface area contributed by atoms with E-state index in [4.69, 9.17) is 9.84 Å². The van der Waals surface area contributed by atoms with E-state index in [-0.39, 0.29) is 28.9 Å². The van der Waals surface area contributed by atoms with Gasteiger partial charge in [0.25, 0.3) is 0 Å². The fourth-order valence-corrected chi connectivity index (χ4v) is 1.23. The number of hydrogen-bond acceptors (Lipinski definition) is 7. The number of aliphatic hydroxyl groups excluding tert-OH is 1. The van der Waals surface area contributed by atoms with Gasteiger partial charge in [-0.05, 0) is 20.3 Å². The van der Waals surface area contributed by atoms with E-state index >= 15 is 0 Å². The molecular weight excluding hydrogens is 368 g/mol. The van der Waals surface area contributed by atoms with Crippen LogP contribution in [0.3, 0.4) is 0 Å². The average Bonchev–Trinajstić information content (AvgIpc) is 2.63. The van der Waals surface area contributed by atoms with E-state index in [2.05, 4.69) is 31.1 Å². The number of esters is 3. The molecule has 0 fully saturated rings. The Kier molecular flexibility index (Phi) is 12.8. The van der Waals surface area contributed by atoms with Crippen LogP contribution in [-0.2, 0) is 28.7 Å². The SMILES string of the molecule is C=C(C)C(=O)OCC(O)C(C)C(=C)C(=O)OC(=O)C(=C)C.C=C(CC)C(=O)O. The number of ether oxygens (including phenoxy) is 2. The van der Waals surface area contributed by atoms with Crippen LogP contribution < -0.4 is 0 Å². The molecule has 0 bridgehead atoms. The van der Waals surface area contributed by atoms with E-state index in [0.29, 0.717) is 6.42 Å². The second-order valence-electron chi connectivity index (χ2n) is 5.98. The van der Waals surface area contributed by atoms with Crippen LogP contribution in [0.5, 0.6) is 0 Å². The number of carboxylic acids is 1. The van der Waals surface area contributed by atoms with Crippen molar-refractivity contribution in [3.63, 3.8) is 0 Å². The predicted octanol–water partition coefficient (Wildman–Crippen LogP) is 2.34. The molecule has 0 aromatic rings. The van der Waals surface area contributed by atoms with Crippen molar-refractivity contribution in [3.05, 3.63) is 48.6 Å². The molecule has 8 heteroatoms. The van der Waals surface area contributed by atoms with Gasteiger partial charge in [-0.3, -0.25) is 0 Å². The molecule has 8 nitrogen and oxygen atoms in total. The van der Waals surface area contributed by atoms with E-state index in [0.717, 1.165) is 0 Å². The van der Waals surface area contributed by atoms with E-state index in [9.17, 15) is 24.3 Å². The van der Waals surface area contributed by atoms with Crippen molar-refractivity contribution in [1.82, 2.24) is 0 Å². The first-order valence-electron chi connectivity index (χ1n) is 8.28. The summed E-state index contributed by atoms with van der Waals surface area (Å²) in [5.41, 5.74) is 0.420. The number of hydrogen-bond donors (Lipinski definition) is 2. The Morgan fingerprint density at radius 1 is 0.929 bits per heavy atom. The third-order valence-electron chi connectivity index (χ3n) is 3.39. The minimum absolute atomic E-state index is 0.0692. The molecule has 2 atom stereocenters. The summed E-state index contributed by atoms with van der Waals surface area (Å²) in [6.07, 6.45) is -0.636. The van der Waals surface area contributed by atoms with Crippen LogP contribution in [0.25, 0.3) is 0 Å². The highest BCUT2D eigenvalue weighted by Gasteiger charge is 2.26. The van der Waals surface area contributed by atoms with Crippen molar-refractivity contribution in [2.75, 3.05) is 6.61 Å². The summed E-state index contributed by atoms with van der Waals surface area (Å²) < 4.78 is 9.27. The molecule has 2 N–H and O–H groups in total. The normalized spacial score (nSPS) is 11.6. The Balaban J connectivity index is 0. The molecule has 0 aliphatic rings. The second-order valence-corrected chi connectivity index (χ2v) is 5.98. The lowest BCUT2D eigenvalue weighted by Crippen LogP contribution is -2.30. The molecule has 2 unspecified atom stereocenters. The molecule has 156 valence electrons. The highest BCUT2D eigenvalue weighted by Crippen LogP contribution is 2.16. The third kappa shape index (κ3) is 10.9. The van der Waals surface area contributed by atoms with E-state index in [1.54, 1.807) is 6.92 Å². The van der Waals surface area contributed by atoms with Gasteiger partial charge in [-0.25, -0.2) is 19.2 Å². The molecule has 0 aromatic heterocycles. The van der Waals surface area contributed by atoms with E-state index in [1.165, 1.54) is 20.8 Å². The first-order chi connectivity index (χ1) is 12.8.